The zero-order valence-electron chi connectivity index (χ0n) is 11.2. The number of rotatable bonds is 3. The van der Waals surface area contributed by atoms with Gasteiger partial charge in [-0.15, -0.1) is 0 Å². The average molecular weight is 314 g/mol. The molecule has 2 heterocycles. The summed E-state index contributed by atoms with van der Waals surface area (Å²) in [6.07, 6.45) is 4.20. The fourth-order valence-corrected chi connectivity index (χ4v) is 3.25. The molecule has 1 aromatic heterocycles. The van der Waals surface area contributed by atoms with Crippen LogP contribution in [-0.2, 0) is 0 Å². The molecule has 21 heavy (non-hydrogen) atoms. The first-order chi connectivity index (χ1) is 10.2. The summed E-state index contributed by atoms with van der Waals surface area (Å²) in [5.74, 6) is 1.49. The van der Waals surface area contributed by atoms with Crippen LogP contribution in [0.3, 0.4) is 0 Å². The van der Waals surface area contributed by atoms with Crippen molar-refractivity contribution in [1.29, 1.82) is 0 Å². The van der Waals surface area contributed by atoms with Gasteiger partial charge in [0.2, 0.25) is 0 Å². The highest BCUT2D eigenvalue weighted by atomic mass is 32.2. The molecule has 1 aromatic carbocycles. The van der Waals surface area contributed by atoms with E-state index in [0.717, 1.165) is 21.5 Å². The molecule has 0 fully saturated rings. The number of aromatic nitrogens is 1. The second-order valence-corrected chi connectivity index (χ2v) is 6.39. The highest BCUT2D eigenvalue weighted by Gasteiger charge is 2.19. The highest BCUT2D eigenvalue weighted by Crippen LogP contribution is 2.35. The van der Waals surface area contributed by atoms with Gasteiger partial charge in [-0.25, -0.2) is 9.98 Å². The molecule has 0 aliphatic carbocycles. The Hall–Kier alpha value is -2.05. The fraction of sp³-hybridized carbons (Fsp3) is 0.0667. The topological polar surface area (TPSA) is 63.3 Å². The zero-order valence-corrected chi connectivity index (χ0v) is 12.9. The van der Waals surface area contributed by atoms with Crippen molar-refractivity contribution in [2.45, 2.75) is 0 Å². The van der Waals surface area contributed by atoms with E-state index >= 15 is 0 Å². The Morgan fingerprint density at radius 1 is 1.33 bits per heavy atom. The minimum atomic E-state index is 0.516. The van der Waals surface area contributed by atoms with Crippen molar-refractivity contribution in [3.8, 4) is 0 Å². The molecule has 0 saturated carbocycles. The Morgan fingerprint density at radius 3 is 2.95 bits per heavy atom. The lowest BCUT2D eigenvalue weighted by Gasteiger charge is -2.14. The number of hydrogen-bond donors (Lipinski definition) is 2. The van der Waals surface area contributed by atoms with Crippen LogP contribution in [0.5, 0.6) is 0 Å². The summed E-state index contributed by atoms with van der Waals surface area (Å²) in [7, 11) is 0. The first kappa shape index (κ1) is 13.9. The van der Waals surface area contributed by atoms with E-state index in [4.69, 9.17) is 5.73 Å². The Bertz CT molecular complexity index is 717. The van der Waals surface area contributed by atoms with Gasteiger partial charge in [-0.3, -0.25) is 0 Å². The smallest absolute Gasteiger partial charge is 0.182 e. The number of amidine groups is 1. The third kappa shape index (κ3) is 3.34. The minimum Gasteiger partial charge on any atom is -0.375 e. The zero-order chi connectivity index (χ0) is 14.7. The lowest BCUT2D eigenvalue weighted by Crippen LogP contribution is -2.20. The van der Waals surface area contributed by atoms with Crippen molar-refractivity contribution >= 4 is 51.0 Å². The summed E-state index contributed by atoms with van der Waals surface area (Å²) < 4.78 is 0. The molecule has 106 valence electrons. The first-order valence-corrected chi connectivity index (χ1v) is 8.18. The maximum Gasteiger partial charge on any atom is 0.182 e. The van der Waals surface area contributed by atoms with Crippen LogP contribution in [0.4, 0.5) is 10.9 Å². The number of nitrogens with zero attached hydrogens (tertiary/aromatic N) is 2. The van der Waals surface area contributed by atoms with Gasteiger partial charge in [0.05, 0.1) is 10.6 Å². The van der Waals surface area contributed by atoms with Crippen molar-refractivity contribution in [2.24, 2.45) is 4.99 Å². The van der Waals surface area contributed by atoms with Crippen LogP contribution in [0.25, 0.3) is 11.8 Å². The number of thiazole rings is 1. The number of anilines is 1. The van der Waals surface area contributed by atoms with Gasteiger partial charge >= 0.3 is 0 Å². The molecule has 3 N–H and O–H groups in total. The number of benzene rings is 1. The predicted molar refractivity (Wildman–Crippen MR) is 93.7 cm³/mol. The van der Waals surface area contributed by atoms with Crippen molar-refractivity contribution in [3.63, 3.8) is 0 Å². The second kappa shape index (κ2) is 6.15. The largest absolute Gasteiger partial charge is 0.375 e. The minimum absolute atomic E-state index is 0.516. The van der Waals surface area contributed by atoms with Gasteiger partial charge in [-0.05, 0) is 5.56 Å². The van der Waals surface area contributed by atoms with Gasteiger partial charge in [0, 0.05) is 5.75 Å². The molecule has 6 heteroatoms. The number of hydrogen-bond acceptors (Lipinski definition) is 6. The molecule has 2 aromatic rings. The summed E-state index contributed by atoms with van der Waals surface area (Å²) in [5.41, 5.74) is 7.70. The molecule has 0 bridgehead atoms. The van der Waals surface area contributed by atoms with Gasteiger partial charge in [-0.2, -0.15) is 0 Å². The number of thioether (sulfide) groups is 1. The van der Waals surface area contributed by atoms with E-state index in [1.54, 1.807) is 11.8 Å². The van der Waals surface area contributed by atoms with Crippen molar-refractivity contribution in [2.75, 3.05) is 11.5 Å². The Balaban J connectivity index is 1.63. The van der Waals surface area contributed by atoms with Crippen LogP contribution in [-0.4, -0.2) is 15.9 Å². The van der Waals surface area contributed by atoms with E-state index in [0.29, 0.717) is 10.9 Å². The summed E-state index contributed by atoms with van der Waals surface area (Å²) >= 11 is 3.01. The van der Waals surface area contributed by atoms with Gasteiger partial charge < -0.3 is 11.1 Å². The molecule has 0 saturated heterocycles. The number of aliphatic imine (C=N–C) groups is 1. The highest BCUT2D eigenvalue weighted by molar-refractivity contribution is 8.14. The first-order valence-electron chi connectivity index (χ1n) is 6.38. The standard InChI is InChI=1S/C15H14N4S2/c1-10-12-13(18-14(16)21-12)19-15(17-10)20-9-5-8-11-6-3-2-4-7-11/h2-8H,1,9H2,(H2,16,18)(H,17,19)/b8-5+. The molecule has 1 aliphatic rings. The van der Waals surface area contributed by atoms with Crippen LogP contribution in [0, 0.1) is 0 Å². The lowest BCUT2D eigenvalue weighted by atomic mass is 10.2. The number of nitrogens with two attached hydrogens (primary N) is 1. The van der Waals surface area contributed by atoms with Crippen LogP contribution in [0.1, 0.15) is 10.4 Å². The molecule has 0 radical (unpaired) electrons. The van der Waals surface area contributed by atoms with E-state index in [9.17, 15) is 0 Å². The third-order valence-corrected chi connectivity index (χ3v) is 4.55. The molecular weight excluding hydrogens is 300 g/mol. The SMILES string of the molecule is C=C1NC(SC/C=C/c2ccccc2)=Nc2nc(N)sc21. The summed E-state index contributed by atoms with van der Waals surface area (Å²) in [5, 5.41) is 4.50. The Kier molecular flexibility index (Phi) is 4.08. The number of fused-ring (bicyclic) bond motifs is 1. The van der Waals surface area contributed by atoms with E-state index in [1.807, 2.05) is 18.2 Å². The third-order valence-electron chi connectivity index (χ3n) is 2.79. The van der Waals surface area contributed by atoms with Crippen LogP contribution >= 0.6 is 23.1 Å². The molecule has 4 nitrogen and oxygen atoms in total. The van der Waals surface area contributed by atoms with Gasteiger partial charge in [0.1, 0.15) is 0 Å². The summed E-state index contributed by atoms with van der Waals surface area (Å²) in [4.78, 5) is 9.57. The van der Waals surface area contributed by atoms with Gasteiger partial charge in [-0.1, -0.05) is 72.2 Å². The average Bonchev–Trinajstić information content (AvgIpc) is 2.86. The Labute approximate surface area is 131 Å². The maximum atomic E-state index is 5.70. The van der Waals surface area contributed by atoms with Gasteiger partial charge in [0.25, 0.3) is 0 Å². The van der Waals surface area contributed by atoms with Crippen molar-refractivity contribution < 1.29 is 0 Å². The lowest BCUT2D eigenvalue weighted by molar-refractivity contribution is 1.23. The van der Waals surface area contributed by atoms with E-state index in [-0.39, 0.29) is 0 Å². The van der Waals surface area contributed by atoms with E-state index in [1.165, 1.54) is 16.9 Å². The van der Waals surface area contributed by atoms with E-state index < -0.39 is 0 Å². The van der Waals surface area contributed by atoms with Crippen LogP contribution < -0.4 is 11.1 Å². The molecule has 3 rings (SSSR count). The summed E-state index contributed by atoms with van der Waals surface area (Å²) in [6.45, 7) is 3.99. The second-order valence-electron chi connectivity index (χ2n) is 4.35. The number of nitrogens with one attached hydrogen (secondary N) is 1. The van der Waals surface area contributed by atoms with Gasteiger partial charge in [0.15, 0.2) is 16.1 Å². The maximum absolute atomic E-state index is 5.70. The molecule has 0 unspecified atom stereocenters. The van der Waals surface area contributed by atoms with Crippen molar-refractivity contribution in [1.82, 2.24) is 10.3 Å². The molecule has 0 atom stereocenters. The fourth-order valence-electron chi connectivity index (χ4n) is 1.85. The molecule has 1 aliphatic heterocycles. The number of nitrogen functional groups attached to an aromatic ring is 1. The predicted octanol–water partition coefficient (Wildman–Crippen LogP) is 3.73. The van der Waals surface area contributed by atoms with E-state index in [2.05, 4.69) is 46.2 Å². The molecular formula is C15H14N4S2. The molecule has 0 spiro atoms. The monoisotopic (exact) mass is 314 g/mol. The summed E-state index contributed by atoms with van der Waals surface area (Å²) in [6, 6.07) is 10.2. The normalized spacial score (nSPS) is 13.9. The quantitative estimate of drug-likeness (QED) is 0.906. The van der Waals surface area contributed by atoms with Crippen LogP contribution in [0.2, 0.25) is 0 Å². The van der Waals surface area contributed by atoms with Crippen molar-refractivity contribution in [3.05, 3.63) is 53.4 Å². The molecule has 0 amide bonds. The Morgan fingerprint density at radius 2 is 2.14 bits per heavy atom. The van der Waals surface area contributed by atoms with Crippen LogP contribution in [0.15, 0.2) is 48.0 Å².